The zero-order chi connectivity index (χ0) is 9.31. The maximum absolute atomic E-state index is 5.21. The summed E-state index contributed by atoms with van der Waals surface area (Å²) in [7, 11) is 1.76. The van der Waals surface area contributed by atoms with Crippen molar-refractivity contribution in [2.45, 2.75) is 44.2 Å². The van der Waals surface area contributed by atoms with Crippen LogP contribution in [0.4, 0.5) is 0 Å². The second-order valence-electron chi connectivity index (χ2n) is 4.59. The molecular weight excluding hydrogens is 164 g/mol. The normalized spacial score (nSPS) is 29.1. The van der Waals surface area contributed by atoms with Gasteiger partial charge in [0.15, 0.2) is 0 Å². The molecule has 3 heteroatoms. The second kappa shape index (κ2) is 3.56. The minimum absolute atomic E-state index is 0.371. The van der Waals surface area contributed by atoms with Gasteiger partial charge in [-0.25, -0.2) is 0 Å². The molecule has 76 valence electrons. The van der Waals surface area contributed by atoms with Gasteiger partial charge in [0.2, 0.25) is 0 Å². The highest BCUT2D eigenvalue weighted by Gasteiger charge is 2.35. The van der Waals surface area contributed by atoms with E-state index in [1.54, 1.807) is 7.11 Å². The number of nitrogens with one attached hydrogen (secondary N) is 1. The van der Waals surface area contributed by atoms with Crippen LogP contribution < -0.4 is 5.32 Å². The molecule has 2 rings (SSSR count). The largest absolute Gasteiger partial charge is 0.309 e. The van der Waals surface area contributed by atoms with Crippen molar-refractivity contribution in [1.82, 2.24) is 10.4 Å². The van der Waals surface area contributed by atoms with E-state index in [1.807, 2.05) is 0 Å². The maximum Gasteiger partial charge on any atom is 0.0575 e. The number of rotatable bonds is 3. The third-order valence-electron chi connectivity index (χ3n) is 3.21. The average molecular weight is 184 g/mol. The number of hydrogen-bond donors (Lipinski definition) is 1. The minimum Gasteiger partial charge on any atom is -0.309 e. The number of hydroxylamine groups is 2. The molecule has 0 radical (unpaired) electrons. The van der Waals surface area contributed by atoms with Crippen LogP contribution in [-0.2, 0) is 4.84 Å². The van der Waals surface area contributed by atoms with Crippen LogP contribution in [0, 0.1) is 0 Å². The Morgan fingerprint density at radius 1 is 1.31 bits per heavy atom. The molecule has 1 aliphatic carbocycles. The molecule has 0 amide bonds. The van der Waals surface area contributed by atoms with Crippen LogP contribution in [0.1, 0.15) is 32.6 Å². The van der Waals surface area contributed by atoms with Crippen LogP contribution in [0.2, 0.25) is 0 Å². The predicted molar refractivity (Wildman–Crippen MR) is 52.4 cm³/mol. The van der Waals surface area contributed by atoms with Crippen molar-refractivity contribution in [3.63, 3.8) is 0 Å². The molecule has 0 aromatic carbocycles. The van der Waals surface area contributed by atoms with Gasteiger partial charge in [-0.05, 0) is 32.6 Å². The summed E-state index contributed by atoms with van der Waals surface area (Å²) in [6.07, 6.45) is 5.17. The highest BCUT2D eigenvalue weighted by atomic mass is 16.7. The molecule has 0 spiro atoms. The van der Waals surface area contributed by atoms with E-state index in [1.165, 1.54) is 25.7 Å². The van der Waals surface area contributed by atoms with Crippen LogP contribution in [0.5, 0.6) is 0 Å². The molecule has 1 heterocycles. The molecule has 2 aliphatic rings. The van der Waals surface area contributed by atoms with Gasteiger partial charge in [-0.3, -0.25) is 0 Å². The van der Waals surface area contributed by atoms with Crippen molar-refractivity contribution in [1.29, 1.82) is 0 Å². The third-order valence-corrected chi connectivity index (χ3v) is 3.21. The Balaban J connectivity index is 1.80. The molecule has 2 fully saturated rings. The van der Waals surface area contributed by atoms with Crippen LogP contribution >= 0.6 is 0 Å². The summed E-state index contributed by atoms with van der Waals surface area (Å²) >= 11 is 0. The van der Waals surface area contributed by atoms with Crippen molar-refractivity contribution in [2.75, 3.05) is 20.2 Å². The first-order valence-corrected chi connectivity index (χ1v) is 5.29. The second-order valence-corrected chi connectivity index (χ2v) is 4.59. The van der Waals surface area contributed by atoms with Crippen molar-refractivity contribution in [3.8, 4) is 0 Å². The molecule has 1 N–H and O–H groups in total. The van der Waals surface area contributed by atoms with Gasteiger partial charge in [-0.1, -0.05) is 0 Å². The molecule has 0 aromatic rings. The van der Waals surface area contributed by atoms with Crippen molar-refractivity contribution in [3.05, 3.63) is 0 Å². The fourth-order valence-electron chi connectivity index (χ4n) is 2.03. The molecule has 0 bridgehead atoms. The van der Waals surface area contributed by atoms with E-state index < -0.39 is 0 Å². The van der Waals surface area contributed by atoms with Crippen LogP contribution in [0.3, 0.4) is 0 Å². The molecule has 13 heavy (non-hydrogen) atoms. The third kappa shape index (κ3) is 2.42. The van der Waals surface area contributed by atoms with E-state index in [9.17, 15) is 0 Å². The topological polar surface area (TPSA) is 24.5 Å². The Bertz CT molecular complexity index is 172. The van der Waals surface area contributed by atoms with Gasteiger partial charge in [0.25, 0.3) is 0 Å². The fourth-order valence-corrected chi connectivity index (χ4v) is 2.03. The summed E-state index contributed by atoms with van der Waals surface area (Å²) in [5.41, 5.74) is 0.371. The monoisotopic (exact) mass is 184 g/mol. The Hall–Kier alpha value is -0.120. The lowest BCUT2D eigenvalue weighted by Crippen LogP contribution is -2.51. The standard InChI is InChI=1S/C10H20N2O/c1-10(11-9-3-4-9)5-7-12(13-2)8-6-10/h9,11H,3-8H2,1-2H3. The Labute approximate surface area is 80.4 Å². The van der Waals surface area contributed by atoms with Crippen LogP contribution in [0.25, 0.3) is 0 Å². The van der Waals surface area contributed by atoms with Gasteiger partial charge in [0.05, 0.1) is 7.11 Å². The van der Waals surface area contributed by atoms with Crippen molar-refractivity contribution < 1.29 is 4.84 Å². The van der Waals surface area contributed by atoms with Gasteiger partial charge >= 0.3 is 0 Å². The smallest absolute Gasteiger partial charge is 0.0575 e. The minimum atomic E-state index is 0.371. The highest BCUT2D eigenvalue weighted by Crippen LogP contribution is 2.28. The first-order chi connectivity index (χ1) is 6.22. The molecule has 3 nitrogen and oxygen atoms in total. The summed E-state index contributed by atoms with van der Waals surface area (Å²) in [4.78, 5) is 5.21. The average Bonchev–Trinajstić information content (AvgIpc) is 2.89. The van der Waals surface area contributed by atoms with E-state index in [4.69, 9.17) is 4.84 Å². The Kier molecular flexibility index (Phi) is 2.58. The molecular formula is C10H20N2O. The summed E-state index contributed by atoms with van der Waals surface area (Å²) in [5, 5.41) is 5.78. The van der Waals surface area contributed by atoms with E-state index in [2.05, 4.69) is 17.3 Å². The predicted octanol–water partition coefficient (Wildman–Crippen LogP) is 1.15. The number of hydrogen-bond acceptors (Lipinski definition) is 3. The summed E-state index contributed by atoms with van der Waals surface area (Å²) in [6, 6.07) is 0.819. The lowest BCUT2D eigenvalue weighted by Gasteiger charge is -2.39. The van der Waals surface area contributed by atoms with Crippen LogP contribution in [0.15, 0.2) is 0 Å². The van der Waals surface area contributed by atoms with E-state index in [0.717, 1.165) is 19.1 Å². The molecule has 1 aliphatic heterocycles. The quantitative estimate of drug-likeness (QED) is 0.712. The van der Waals surface area contributed by atoms with Gasteiger partial charge in [-0.15, -0.1) is 0 Å². The maximum atomic E-state index is 5.21. The molecule has 0 unspecified atom stereocenters. The van der Waals surface area contributed by atoms with Crippen LogP contribution in [-0.4, -0.2) is 36.8 Å². The first-order valence-electron chi connectivity index (χ1n) is 5.29. The molecule has 1 saturated carbocycles. The van der Waals surface area contributed by atoms with E-state index in [0.29, 0.717) is 5.54 Å². The fraction of sp³-hybridized carbons (Fsp3) is 1.00. The van der Waals surface area contributed by atoms with Gasteiger partial charge < -0.3 is 10.2 Å². The van der Waals surface area contributed by atoms with Crippen molar-refractivity contribution in [2.24, 2.45) is 0 Å². The molecule has 0 atom stereocenters. The summed E-state index contributed by atoms with van der Waals surface area (Å²) in [5.74, 6) is 0. The number of nitrogens with zero attached hydrogens (tertiary/aromatic N) is 1. The molecule has 0 aromatic heterocycles. The van der Waals surface area contributed by atoms with Gasteiger partial charge in [-0.2, -0.15) is 5.06 Å². The van der Waals surface area contributed by atoms with Crippen molar-refractivity contribution >= 4 is 0 Å². The zero-order valence-electron chi connectivity index (χ0n) is 8.68. The van der Waals surface area contributed by atoms with E-state index in [-0.39, 0.29) is 0 Å². The Morgan fingerprint density at radius 2 is 1.92 bits per heavy atom. The van der Waals surface area contributed by atoms with E-state index >= 15 is 0 Å². The lowest BCUT2D eigenvalue weighted by atomic mass is 9.90. The SMILES string of the molecule is CON1CCC(C)(NC2CC2)CC1. The summed E-state index contributed by atoms with van der Waals surface area (Å²) < 4.78 is 0. The zero-order valence-corrected chi connectivity index (χ0v) is 8.68. The highest BCUT2D eigenvalue weighted by molar-refractivity contribution is 4.94. The lowest BCUT2D eigenvalue weighted by molar-refractivity contribution is -0.151. The number of piperidine rings is 1. The molecule has 1 saturated heterocycles. The first kappa shape index (κ1) is 9.44. The van der Waals surface area contributed by atoms with Gasteiger partial charge in [0.1, 0.15) is 0 Å². The summed E-state index contributed by atoms with van der Waals surface area (Å²) in [6.45, 7) is 4.47. The Morgan fingerprint density at radius 3 is 2.38 bits per heavy atom. The van der Waals surface area contributed by atoms with Gasteiger partial charge in [0, 0.05) is 24.7 Å².